The lowest BCUT2D eigenvalue weighted by atomic mass is 9.46. The first-order valence-corrected chi connectivity index (χ1v) is 9.29. The fourth-order valence-electron chi connectivity index (χ4n) is 5.37. The molecule has 2 heteroatoms. The molecule has 0 aromatic rings. The van der Waals surface area contributed by atoms with Crippen molar-refractivity contribution in [3.05, 3.63) is 11.6 Å². The molecule has 1 saturated carbocycles. The highest BCUT2D eigenvalue weighted by molar-refractivity contribution is 5.22. The summed E-state index contributed by atoms with van der Waals surface area (Å²) in [6.45, 7) is 10.2. The summed E-state index contributed by atoms with van der Waals surface area (Å²) in [6.07, 6.45) is 10.6. The summed E-state index contributed by atoms with van der Waals surface area (Å²) in [5.41, 5.74) is 1.87. The molecule has 2 N–H and O–H groups in total. The third-order valence-electron chi connectivity index (χ3n) is 7.34. The Bertz CT molecular complexity index is 403. The van der Waals surface area contributed by atoms with Crippen LogP contribution in [0.3, 0.4) is 0 Å². The van der Waals surface area contributed by atoms with E-state index in [1.54, 1.807) is 0 Å². The van der Waals surface area contributed by atoms with Crippen molar-refractivity contribution in [3.63, 3.8) is 0 Å². The summed E-state index contributed by atoms with van der Waals surface area (Å²) in [5.74, 6) is 2.06. The first-order chi connectivity index (χ1) is 10.4. The molecule has 2 rings (SSSR count). The molecule has 2 nitrogen and oxygen atoms in total. The fraction of sp³-hybridized carbons (Fsp3) is 0.900. The molecule has 0 unspecified atom stereocenters. The molecule has 2 aliphatic carbocycles. The average Bonchev–Trinajstić information content (AvgIpc) is 2.49. The van der Waals surface area contributed by atoms with E-state index in [1.165, 1.54) is 37.7 Å². The highest BCUT2D eigenvalue weighted by atomic mass is 16.3. The maximum absolute atomic E-state index is 9.82. The number of aliphatic hydroxyl groups excluding tert-OH is 2. The van der Waals surface area contributed by atoms with Gasteiger partial charge >= 0.3 is 0 Å². The van der Waals surface area contributed by atoms with Gasteiger partial charge in [-0.05, 0) is 72.7 Å². The van der Waals surface area contributed by atoms with Crippen molar-refractivity contribution < 1.29 is 10.2 Å². The zero-order chi connectivity index (χ0) is 16.4. The molecule has 1 fully saturated rings. The Morgan fingerprint density at radius 2 is 1.95 bits per heavy atom. The number of hydrogen-bond donors (Lipinski definition) is 2. The number of fused-ring (bicyclic) bond motifs is 1. The molecule has 0 heterocycles. The van der Waals surface area contributed by atoms with Gasteiger partial charge in [0.25, 0.3) is 0 Å². The maximum atomic E-state index is 9.82. The maximum Gasteiger partial charge on any atom is 0.0647 e. The van der Waals surface area contributed by atoms with E-state index in [1.807, 2.05) is 0 Å². The van der Waals surface area contributed by atoms with Crippen LogP contribution < -0.4 is 0 Å². The molecule has 0 aliphatic heterocycles. The van der Waals surface area contributed by atoms with E-state index in [2.05, 4.69) is 33.8 Å². The lowest BCUT2D eigenvalue weighted by Crippen LogP contribution is -2.50. The van der Waals surface area contributed by atoms with E-state index in [-0.39, 0.29) is 12.0 Å². The van der Waals surface area contributed by atoms with E-state index in [0.29, 0.717) is 23.9 Å². The molecule has 0 saturated heterocycles. The average molecular weight is 309 g/mol. The summed E-state index contributed by atoms with van der Waals surface area (Å²) in [5, 5.41) is 19.0. The van der Waals surface area contributed by atoms with Gasteiger partial charge in [0.15, 0.2) is 0 Å². The van der Waals surface area contributed by atoms with E-state index < -0.39 is 0 Å². The molecule has 22 heavy (non-hydrogen) atoms. The van der Waals surface area contributed by atoms with E-state index in [0.717, 1.165) is 18.8 Å². The van der Waals surface area contributed by atoms with Crippen molar-refractivity contribution in [1.82, 2.24) is 0 Å². The standard InChI is InChI=1S/C20H36O2/c1-15(10-13-21)8-11-19(3)16(2)9-12-20(4)17(14-22)6-5-7-18(19)20/h6,15-16,18,21-22H,5,7-14H2,1-4H3/t15-,16+,18+,19-,20-/m0/s1. The van der Waals surface area contributed by atoms with Crippen LogP contribution in [0.25, 0.3) is 0 Å². The minimum Gasteiger partial charge on any atom is -0.396 e. The van der Waals surface area contributed by atoms with Crippen molar-refractivity contribution in [2.45, 2.75) is 72.6 Å². The molecule has 128 valence electrons. The second-order valence-corrected chi connectivity index (χ2v) is 8.54. The minimum atomic E-state index is 0.203. The molecule has 0 spiro atoms. The van der Waals surface area contributed by atoms with Crippen LogP contribution in [0, 0.1) is 28.6 Å². The monoisotopic (exact) mass is 308 g/mol. The molecule has 0 amide bonds. The van der Waals surface area contributed by atoms with Gasteiger partial charge in [-0.15, -0.1) is 0 Å². The van der Waals surface area contributed by atoms with Gasteiger partial charge in [0, 0.05) is 6.61 Å². The van der Waals surface area contributed by atoms with Gasteiger partial charge in [0.05, 0.1) is 6.61 Å². The molecule has 0 bridgehead atoms. The Morgan fingerprint density at radius 1 is 1.23 bits per heavy atom. The van der Waals surface area contributed by atoms with Crippen LogP contribution in [-0.2, 0) is 0 Å². The fourth-order valence-corrected chi connectivity index (χ4v) is 5.37. The largest absolute Gasteiger partial charge is 0.396 e. The van der Waals surface area contributed by atoms with Crippen LogP contribution in [0.4, 0.5) is 0 Å². The van der Waals surface area contributed by atoms with Gasteiger partial charge in [-0.3, -0.25) is 0 Å². The predicted molar refractivity (Wildman–Crippen MR) is 92.6 cm³/mol. The van der Waals surface area contributed by atoms with Gasteiger partial charge < -0.3 is 10.2 Å². The quantitative estimate of drug-likeness (QED) is 0.706. The summed E-state index contributed by atoms with van der Waals surface area (Å²) in [6, 6.07) is 0. The Morgan fingerprint density at radius 3 is 2.59 bits per heavy atom. The van der Waals surface area contributed by atoms with Gasteiger partial charge in [0.1, 0.15) is 0 Å². The van der Waals surface area contributed by atoms with Crippen LogP contribution in [-0.4, -0.2) is 23.4 Å². The Labute approximate surface area is 137 Å². The molecule has 0 radical (unpaired) electrons. The molecule has 0 aromatic carbocycles. The lowest BCUT2D eigenvalue weighted by Gasteiger charge is -2.58. The number of allylic oxidation sites excluding steroid dienone is 1. The topological polar surface area (TPSA) is 40.5 Å². The summed E-state index contributed by atoms with van der Waals surface area (Å²) in [4.78, 5) is 0. The molecule has 5 atom stereocenters. The molecular formula is C20H36O2. The van der Waals surface area contributed by atoms with Crippen LogP contribution in [0.15, 0.2) is 11.6 Å². The Hall–Kier alpha value is -0.340. The lowest BCUT2D eigenvalue weighted by molar-refractivity contribution is -0.0543. The second kappa shape index (κ2) is 7.05. The number of hydrogen-bond acceptors (Lipinski definition) is 2. The van der Waals surface area contributed by atoms with Crippen LogP contribution in [0.5, 0.6) is 0 Å². The van der Waals surface area contributed by atoms with Crippen molar-refractivity contribution in [2.24, 2.45) is 28.6 Å². The van der Waals surface area contributed by atoms with Crippen LogP contribution in [0.1, 0.15) is 72.6 Å². The normalized spacial score (nSPS) is 40.0. The summed E-state index contributed by atoms with van der Waals surface area (Å²) in [7, 11) is 0. The highest BCUT2D eigenvalue weighted by Crippen LogP contribution is 2.61. The molecular weight excluding hydrogens is 272 g/mol. The van der Waals surface area contributed by atoms with E-state index in [9.17, 15) is 5.11 Å². The third-order valence-corrected chi connectivity index (χ3v) is 7.34. The zero-order valence-electron chi connectivity index (χ0n) is 15.1. The van der Waals surface area contributed by atoms with Crippen molar-refractivity contribution in [1.29, 1.82) is 0 Å². The highest BCUT2D eigenvalue weighted by Gasteiger charge is 2.53. The smallest absolute Gasteiger partial charge is 0.0647 e. The third kappa shape index (κ3) is 3.14. The second-order valence-electron chi connectivity index (χ2n) is 8.54. The minimum absolute atomic E-state index is 0.203. The van der Waals surface area contributed by atoms with Gasteiger partial charge in [-0.25, -0.2) is 0 Å². The SMILES string of the molecule is C[C@H](CCO)CC[C@@]1(C)[C@H](C)CC[C@@]2(C)C(CO)=CCC[C@H]12. The number of rotatable bonds is 6. The first kappa shape index (κ1) is 18.0. The molecule has 0 aromatic heterocycles. The number of aliphatic hydroxyl groups is 2. The summed E-state index contributed by atoms with van der Waals surface area (Å²) < 4.78 is 0. The van der Waals surface area contributed by atoms with Crippen molar-refractivity contribution in [3.8, 4) is 0 Å². The first-order valence-electron chi connectivity index (χ1n) is 9.29. The predicted octanol–water partition coefficient (Wildman–Crippen LogP) is 4.56. The van der Waals surface area contributed by atoms with Gasteiger partial charge in [-0.2, -0.15) is 0 Å². The van der Waals surface area contributed by atoms with Crippen LogP contribution in [0.2, 0.25) is 0 Å². The van der Waals surface area contributed by atoms with E-state index in [4.69, 9.17) is 5.11 Å². The molecule has 2 aliphatic rings. The zero-order valence-corrected chi connectivity index (χ0v) is 15.1. The van der Waals surface area contributed by atoms with Gasteiger partial charge in [0.2, 0.25) is 0 Å². The summed E-state index contributed by atoms with van der Waals surface area (Å²) >= 11 is 0. The van der Waals surface area contributed by atoms with Gasteiger partial charge in [-0.1, -0.05) is 40.2 Å². The van der Waals surface area contributed by atoms with Crippen LogP contribution >= 0.6 is 0 Å². The Kier molecular flexibility index (Phi) is 5.77. The van der Waals surface area contributed by atoms with E-state index >= 15 is 0 Å². The van der Waals surface area contributed by atoms with Crippen molar-refractivity contribution in [2.75, 3.05) is 13.2 Å². The Balaban J connectivity index is 2.19. The van der Waals surface area contributed by atoms with Crippen molar-refractivity contribution >= 4 is 0 Å².